The van der Waals surface area contributed by atoms with Crippen LogP contribution in [0.25, 0.3) is 0 Å². The lowest BCUT2D eigenvalue weighted by Crippen LogP contribution is -2.34. The number of nitrogens with zero attached hydrogens (tertiary/aromatic N) is 1. The van der Waals surface area contributed by atoms with E-state index in [1.54, 1.807) is 0 Å². The van der Waals surface area contributed by atoms with Gasteiger partial charge < -0.3 is 5.11 Å². The average Bonchev–Trinajstić information content (AvgIpc) is 2.40. The van der Waals surface area contributed by atoms with Crippen LogP contribution in [0, 0.1) is 17.2 Å². The van der Waals surface area contributed by atoms with Crippen LogP contribution in [0.3, 0.4) is 0 Å². The van der Waals surface area contributed by atoms with Gasteiger partial charge in [-0.2, -0.15) is 5.26 Å². The fraction of sp³-hybridized carbons (Fsp3) is 0.500. The number of benzene rings is 1. The minimum absolute atomic E-state index is 0.0913. The number of rotatable bonds is 2. The molecular weight excluding hydrogens is 198 g/mol. The molecule has 1 aromatic rings. The van der Waals surface area contributed by atoms with Crippen LogP contribution in [0.4, 0.5) is 0 Å². The second-order valence-corrected chi connectivity index (χ2v) is 4.58. The molecule has 84 valence electrons. The van der Waals surface area contributed by atoms with Crippen LogP contribution in [-0.4, -0.2) is 5.11 Å². The van der Waals surface area contributed by atoms with Gasteiger partial charge in [0.1, 0.15) is 6.07 Å². The molecule has 1 N–H and O–H groups in total. The molecule has 0 aliphatic heterocycles. The quantitative estimate of drug-likeness (QED) is 0.771. The van der Waals surface area contributed by atoms with E-state index in [4.69, 9.17) is 0 Å². The molecule has 2 rings (SSSR count). The number of aliphatic hydroxyl groups is 1. The topological polar surface area (TPSA) is 44.0 Å². The highest BCUT2D eigenvalue weighted by atomic mass is 16.3. The highest BCUT2D eigenvalue weighted by molar-refractivity contribution is 5.29. The molecule has 1 fully saturated rings. The molecule has 0 spiro atoms. The molecule has 1 atom stereocenters. The van der Waals surface area contributed by atoms with Crippen LogP contribution in [0.2, 0.25) is 0 Å². The summed E-state index contributed by atoms with van der Waals surface area (Å²) < 4.78 is 0. The minimum atomic E-state index is -1.29. The third-order valence-electron chi connectivity index (χ3n) is 3.58. The first-order chi connectivity index (χ1) is 7.77. The summed E-state index contributed by atoms with van der Waals surface area (Å²) in [6, 6.07) is 11.5. The Bertz CT molecular complexity index is 375. The van der Waals surface area contributed by atoms with Crippen LogP contribution >= 0.6 is 0 Å². The first-order valence-electron chi connectivity index (χ1n) is 5.96. The fourth-order valence-electron chi connectivity index (χ4n) is 2.60. The summed E-state index contributed by atoms with van der Waals surface area (Å²) in [7, 11) is 0. The van der Waals surface area contributed by atoms with Gasteiger partial charge in [-0.05, 0) is 18.4 Å². The standard InChI is InChI=1S/C14H17NO/c15-11-14(16,12-7-3-1-4-8-12)13-9-5-2-6-10-13/h1,3-4,7-8,13,16H,2,5-6,9-10H2. The lowest BCUT2D eigenvalue weighted by Gasteiger charge is -2.33. The van der Waals surface area contributed by atoms with E-state index in [0.29, 0.717) is 0 Å². The summed E-state index contributed by atoms with van der Waals surface area (Å²) in [6.07, 6.45) is 5.40. The van der Waals surface area contributed by atoms with Crippen molar-refractivity contribution in [3.05, 3.63) is 35.9 Å². The van der Waals surface area contributed by atoms with Crippen molar-refractivity contribution in [3.63, 3.8) is 0 Å². The third-order valence-corrected chi connectivity index (χ3v) is 3.58. The average molecular weight is 215 g/mol. The first-order valence-corrected chi connectivity index (χ1v) is 5.96. The van der Waals surface area contributed by atoms with E-state index in [0.717, 1.165) is 31.2 Å². The zero-order valence-electron chi connectivity index (χ0n) is 9.39. The summed E-state index contributed by atoms with van der Waals surface area (Å²) >= 11 is 0. The fourth-order valence-corrected chi connectivity index (χ4v) is 2.60. The van der Waals surface area contributed by atoms with Gasteiger partial charge in [0.2, 0.25) is 0 Å². The van der Waals surface area contributed by atoms with E-state index in [2.05, 4.69) is 6.07 Å². The van der Waals surface area contributed by atoms with E-state index in [-0.39, 0.29) is 5.92 Å². The second kappa shape index (κ2) is 4.67. The zero-order chi connectivity index (χ0) is 11.4. The summed E-state index contributed by atoms with van der Waals surface area (Å²) in [4.78, 5) is 0. The Balaban J connectivity index is 2.29. The van der Waals surface area contributed by atoms with Gasteiger partial charge in [0.25, 0.3) is 0 Å². The lowest BCUT2D eigenvalue weighted by atomic mass is 9.74. The molecule has 0 aromatic heterocycles. The normalized spacial score (nSPS) is 21.0. The molecule has 0 amide bonds. The van der Waals surface area contributed by atoms with Gasteiger partial charge in [-0.25, -0.2) is 0 Å². The Labute approximate surface area is 96.5 Å². The molecule has 1 aromatic carbocycles. The van der Waals surface area contributed by atoms with Crippen molar-refractivity contribution in [2.24, 2.45) is 5.92 Å². The zero-order valence-corrected chi connectivity index (χ0v) is 9.39. The first kappa shape index (κ1) is 11.2. The highest BCUT2D eigenvalue weighted by Crippen LogP contribution is 2.38. The maximum atomic E-state index is 10.6. The van der Waals surface area contributed by atoms with E-state index < -0.39 is 5.60 Å². The third kappa shape index (κ3) is 1.96. The smallest absolute Gasteiger partial charge is 0.179 e. The molecule has 0 bridgehead atoms. The predicted molar refractivity (Wildman–Crippen MR) is 62.5 cm³/mol. The molecule has 2 nitrogen and oxygen atoms in total. The molecule has 1 aliphatic carbocycles. The molecule has 16 heavy (non-hydrogen) atoms. The van der Waals surface area contributed by atoms with Crippen LogP contribution in [-0.2, 0) is 5.60 Å². The van der Waals surface area contributed by atoms with Gasteiger partial charge in [-0.3, -0.25) is 0 Å². The number of hydrogen-bond acceptors (Lipinski definition) is 2. The molecule has 0 heterocycles. The van der Waals surface area contributed by atoms with Crippen LogP contribution in [0.15, 0.2) is 30.3 Å². The van der Waals surface area contributed by atoms with E-state index in [1.165, 1.54) is 6.42 Å². The van der Waals surface area contributed by atoms with Gasteiger partial charge in [-0.15, -0.1) is 0 Å². The molecule has 1 saturated carbocycles. The molecule has 0 saturated heterocycles. The molecule has 1 aliphatic rings. The van der Waals surface area contributed by atoms with Crippen LogP contribution in [0.1, 0.15) is 37.7 Å². The maximum Gasteiger partial charge on any atom is 0.179 e. The molecule has 0 radical (unpaired) electrons. The largest absolute Gasteiger partial charge is 0.371 e. The van der Waals surface area contributed by atoms with Crippen molar-refractivity contribution >= 4 is 0 Å². The van der Waals surface area contributed by atoms with Crippen molar-refractivity contribution in [1.82, 2.24) is 0 Å². The van der Waals surface area contributed by atoms with Gasteiger partial charge >= 0.3 is 0 Å². The Hall–Kier alpha value is -1.33. The Kier molecular flexibility index (Phi) is 3.26. The summed E-state index contributed by atoms with van der Waals surface area (Å²) in [5, 5.41) is 19.8. The predicted octanol–water partition coefficient (Wildman–Crippen LogP) is 2.98. The molecule has 2 heteroatoms. The van der Waals surface area contributed by atoms with Gasteiger partial charge in [0.15, 0.2) is 5.60 Å². The maximum absolute atomic E-state index is 10.6. The Morgan fingerprint density at radius 3 is 2.31 bits per heavy atom. The van der Waals surface area contributed by atoms with Crippen molar-refractivity contribution < 1.29 is 5.11 Å². The lowest BCUT2D eigenvalue weighted by molar-refractivity contribution is 0.0140. The summed E-state index contributed by atoms with van der Waals surface area (Å²) in [5.74, 6) is 0.0913. The van der Waals surface area contributed by atoms with Gasteiger partial charge in [-0.1, -0.05) is 49.6 Å². The Morgan fingerprint density at radius 2 is 1.75 bits per heavy atom. The summed E-state index contributed by atoms with van der Waals surface area (Å²) in [6.45, 7) is 0. The number of nitriles is 1. The van der Waals surface area contributed by atoms with Crippen LogP contribution in [0.5, 0.6) is 0 Å². The van der Waals surface area contributed by atoms with Crippen molar-refractivity contribution in [3.8, 4) is 6.07 Å². The SMILES string of the molecule is N#CC(O)(c1ccccc1)C1CCCCC1. The Morgan fingerprint density at radius 1 is 1.12 bits per heavy atom. The van der Waals surface area contributed by atoms with E-state index in [1.807, 2.05) is 30.3 Å². The minimum Gasteiger partial charge on any atom is -0.371 e. The summed E-state index contributed by atoms with van der Waals surface area (Å²) in [5.41, 5.74) is -0.550. The highest BCUT2D eigenvalue weighted by Gasteiger charge is 2.38. The van der Waals surface area contributed by atoms with Crippen molar-refractivity contribution in [1.29, 1.82) is 5.26 Å². The monoisotopic (exact) mass is 215 g/mol. The molecule has 1 unspecified atom stereocenters. The van der Waals surface area contributed by atoms with E-state index in [9.17, 15) is 10.4 Å². The van der Waals surface area contributed by atoms with Gasteiger partial charge in [0, 0.05) is 5.92 Å². The van der Waals surface area contributed by atoms with Crippen molar-refractivity contribution in [2.75, 3.05) is 0 Å². The van der Waals surface area contributed by atoms with Gasteiger partial charge in [0.05, 0.1) is 0 Å². The molecular formula is C14H17NO. The van der Waals surface area contributed by atoms with Crippen LogP contribution < -0.4 is 0 Å². The second-order valence-electron chi connectivity index (χ2n) is 4.58. The number of hydrogen-bond donors (Lipinski definition) is 1. The van der Waals surface area contributed by atoms with Crippen molar-refractivity contribution in [2.45, 2.75) is 37.7 Å². The van der Waals surface area contributed by atoms with E-state index >= 15 is 0 Å².